The molecule has 1 aliphatic rings. The van der Waals surface area contributed by atoms with Gasteiger partial charge in [-0.2, -0.15) is 0 Å². The van der Waals surface area contributed by atoms with E-state index in [4.69, 9.17) is 14.9 Å². The van der Waals surface area contributed by atoms with E-state index in [2.05, 4.69) is 20.6 Å². The quantitative estimate of drug-likeness (QED) is 0.386. The van der Waals surface area contributed by atoms with E-state index in [9.17, 15) is 8.42 Å². The fourth-order valence-corrected chi connectivity index (χ4v) is 4.46. The van der Waals surface area contributed by atoms with Gasteiger partial charge in [0.1, 0.15) is 11.6 Å². The largest absolute Gasteiger partial charge is 0.487 e. The predicted molar refractivity (Wildman–Crippen MR) is 130 cm³/mol. The third-order valence-corrected chi connectivity index (χ3v) is 6.64. The number of hydrogen-bond acceptors (Lipinski definition) is 8. The number of benzene rings is 2. The van der Waals surface area contributed by atoms with Gasteiger partial charge in [0.2, 0.25) is 16.0 Å². The van der Waals surface area contributed by atoms with Crippen LogP contribution in [0.2, 0.25) is 0 Å². The molecule has 4 N–H and O–H groups in total. The van der Waals surface area contributed by atoms with Gasteiger partial charge in [0.05, 0.1) is 4.90 Å². The molecule has 5 rings (SSSR count). The molecule has 1 saturated heterocycles. The molecule has 3 heterocycles. The number of fused-ring (bicyclic) bond motifs is 1. The Bertz CT molecular complexity index is 1410. The van der Waals surface area contributed by atoms with Crippen LogP contribution in [0.1, 0.15) is 12.8 Å². The highest BCUT2D eigenvalue weighted by molar-refractivity contribution is 7.89. The monoisotopic (exact) mass is 476 g/mol. The number of ether oxygens (including phenoxy) is 1. The van der Waals surface area contributed by atoms with E-state index >= 15 is 0 Å². The fourth-order valence-electron chi connectivity index (χ4n) is 3.95. The second-order valence-electron chi connectivity index (χ2n) is 8.07. The SMILES string of the molecule is NS(=O)(=O)c1ccc(Nc2ncc3ccc(-c4ccncc4)c(OC4CCNCC4)c3n2)cc1. The third kappa shape index (κ3) is 4.84. The van der Waals surface area contributed by atoms with Gasteiger partial charge in [-0.25, -0.2) is 23.5 Å². The van der Waals surface area contributed by atoms with Crippen LogP contribution in [0.25, 0.3) is 22.0 Å². The number of hydrogen-bond donors (Lipinski definition) is 3. The van der Waals surface area contributed by atoms with Crippen molar-refractivity contribution in [2.75, 3.05) is 18.4 Å². The Balaban J connectivity index is 1.54. The van der Waals surface area contributed by atoms with E-state index in [0.717, 1.165) is 42.4 Å². The molecule has 0 unspecified atom stereocenters. The van der Waals surface area contributed by atoms with Crippen LogP contribution in [-0.2, 0) is 10.0 Å². The summed E-state index contributed by atoms with van der Waals surface area (Å²) in [7, 11) is -3.76. The number of anilines is 2. The topological polar surface area (TPSA) is 132 Å². The zero-order chi connectivity index (χ0) is 23.5. The summed E-state index contributed by atoms with van der Waals surface area (Å²) in [5.41, 5.74) is 3.27. The lowest BCUT2D eigenvalue weighted by atomic mass is 10.0. The highest BCUT2D eigenvalue weighted by Gasteiger charge is 2.20. The number of piperidine rings is 1. The van der Waals surface area contributed by atoms with Gasteiger partial charge >= 0.3 is 0 Å². The van der Waals surface area contributed by atoms with Crippen LogP contribution in [-0.4, -0.2) is 42.6 Å². The zero-order valence-electron chi connectivity index (χ0n) is 18.3. The van der Waals surface area contributed by atoms with Crippen LogP contribution < -0.4 is 20.5 Å². The van der Waals surface area contributed by atoms with Crippen LogP contribution in [0.4, 0.5) is 11.6 Å². The van der Waals surface area contributed by atoms with Crippen molar-refractivity contribution in [1.29, 1.82) is 0 Å². The minimum absolute atomic E-state index is 0.0390. The van der Waals surface area contributed by atoms with Crippen LogP contribution >= 0.6 is 0 Å². The normalized spacial score (nSPS) is 14.7. The average molecular weight is 477 g/mol. The van der Waals surface area contributed by atoms with Crippen molar-refractivity contribution in [2.24, 2.45) is 5.14 Å². The summed E-state index contributed by atoms with van der Waals surface area (Å²) < 4.78 is 29.6. The highest BCUT2D eigenvalue weighted by atomic mass is 32.2. The molecule has 0 bridgehead atoms. The van der Waals surface area contributed by atoms with E-state index in [1.54, 1.807) is 30.7 Å². The lowest BCUT2D eigenvalue weighted by Gasteiger charge is -2.25. The molecule has 0 amide bonds. The maximum Gasteiger partial charge on any atom is 0.238 e. The van der Waals surface area contributed by atoms with Gasteiger partial charge in [0.25, 0.3) is 0 Å². The highest BCUT2D eigenvalue weighted by Crippen LogP contribution is 2.37. The Morgan fingerprint density at radius 2 is 1.74 bits per heavy atom. The van der Waals surface area contributed by atoms with Crippen LogP contribution in [0.5, 0.6) is 5.75 Å². The number of sulfonamides is 1. The van der Waals surface area contributed by atoms with Crippen molar-refractivity contribution in [1.82, 2.24) is 20.3 Å². The molecule has 0 saturated carbocycles. The Morgan fingerprint density at radius 1 is 1.00 bits per heavy atom. The molecule has 0 radical (unpaired) electrons. The summed E-state index contributed by atoms with van der Waals surface area (Å²) in [6, 6.07) is 14.0. The number of pyridine rings is 1. The van der Waals surface area contributed by atoms with Gasteiger partial charge in [0.15, 0.2) is 5.75 Å². The Labute approximate surface area is 197 Å². The maximum atomic E-state index is 11.5. The number of nitrogens with two attached hydrogens (primary N) is 1. The number of primary sulfonamides is 1. The van der Waals surface area contributed by atoms with Crippen molar-refractivity contribution < 1.29 is 13.2 Å². The van der Waals surface area contributed by atoms with Crippen molar-refractivity contribution in [3.8, 4) is 16.9 Å². The van der Waals surface area contributed by atoms with Gasteiger partial charge in [0, 0.05) is 35.2 Å². The number of rotatable bonds is 6. The minimum atomic E-state index is -3.76. The third-order valence-electron chi connectivity index (χ3n) is 5.71. The summed E-state index contributed by atoms with van der Waals surface area (Å²) in [6.45, 7) is 1.83. The molecule has 2 aromatic carbocycles. The molecule has 0 spiro atoms. The second kappa shape index (κ2) is 9.34. The fraction of sp³-hybridized carbons (Fsp3) is 0.208. The Morgan fingerprint density at radius 3 is 2.44 bits per heavy atom. The molecule has 2 aromatic heterocycles. The minimum Gasteiger partial charge on any atom is -0.487 e. The standard InChI is InChI=1S/C24H24N6O3S/c25-34(31,32)20-4-2-18(3-5-20)29-24-28-15-17-1-6-21(16-7-11-26-12-8-16)23(22(17)30-24)33-19-9-13-27-14-10-19/h1-8,11-12,15,19,27H,9-10,13-14H2,(H2,25,31,32)(H,28,29,30). The molecule has 1 fully saturated rings. The van der Waals surface area contributed by atoms with Gasteiger partial charge in [-0.15, -0.1) is 0 Å². The number of aromatic nitrogens is 3. The first-order valence-corrected chi connectivity index (χ1v) is 12.5. The van der Waals surface area contributed by atoms with Crippen molar-refractivity contribution in [3.63, 3.8) is 0 Å². The second-order valence-corrected chi connectivity index (χ2v) is 9.63. The van der Waals surface area contributed by atoms with Crippen LogP contribution in [0.3, 0.4) is 0 Å². The zero-order valence-corrected chi connectivity index (χ0v) is 19.1. The summed E-state index contributed by atoms with van der Waals surface area (Å²) in [5.74, 6) is 1.09. The van der Waals surface area contributed by atoms with E-state index in [-0.39, 0.29) is 11.0 Å². The molecule has 34 heavy (non-hydrogen) atoms. The lowest BCUT2D eigenvalue weighted by molar-refractivity contribution is 0.165. The summed E-state index contributed by atoms with van der Waals surface area (Å²) in [4.78, 5) is 13.4. The molecule has 1 aliphatic heterocycles. The first-order chi connectivity index (χ1) is 16.5. The summed E-state index contributed by atoms with van der Waals surface area (Å²) >= 11 is 0. The maximum absolute atomic E-state index is 11.5. The van der Waals surface area contributed by atoms with E-state index in [0.29, 0.717) is 22.9 Å². The van der Waals surface area contributed by atoms with Crippen molar-refractivity contribution in [3.05, 3.63) is 67.1 Å². The molecule has 9 nitrogen and oxygen atoms in total. The van der Waals surface area contributed by atoms with E-state index in [1.807, 2.05) is 24.3 Å². The molecule has 10 heteroatoms. The average Bonchev–Trinajstić information content (AvgIpc) is 2.85. The van der Waals surface area contributed by atoms with Gasteiger partial charge in [-0.3, -0.25) is 4.98 Å². The van der Waals surface area contributed by atoms with E-state index in [1.165, 1.54) is 12.1 Å². The van der Waals surface area contributed by atoms with Crippen LogP contribution in [0.15, 0.2) is 72.0 Å². The van der Waals surface area contributed by atoms with Crippen molar-refractivity contribution in [2.45, 2.75) is 23.8 Å². The van der Waals surface area contributed by atoms with Gasteiger partial charge in [-0.1, -0.05) is 6.07 Å². The predicted octanol–water partition coefficient (Wildman–Crippen LogP) is 3.21. The summed E-state index contributed by atoms with van der Waals surface area (Å²) in [5, 5.41) is 12.5. The first kappa shape index (κ1) is 22.2. The van der Waals surface area contributed by atoms with Crippen LogP contribution in [0, 0.1) is 0 Å². The molecular weight excluding hydrogens is 452 g/mol. The van der Waals surface area contributed by atoms with Crippen molar-refractivity contribution >= 4 is 32.6 Å². The van der Waals surface area contributed by atoms with Gasteiger partial charge < -0.3 is 15.4 Å². The van der Waals surface area contributed by atoms with Gasteiger partial charge in [-0.05, 0) is 74.0 Å². The molecule has 174 valence electrons. The molecule has 4 aromatic rings. The summed E-state index contributed by atoms with van der Waals surface area (Å²) in [6.07, 6.45) is 7.18. The van der Waals surface area contributed by atoms with E-state index < -0.39 is 10.0 Å². The number of nitrogens with one attached hydrogen (secondary N) is 2. The molecule has 0 atom stereocenters. The molecular formula is C24H24N6O3S. The smallest absolute Gasteiger partial charge is 0.238 e. The number of nitrogens with zero attached hydrogens (tertiary/aromatic N) is 3. The lowest BCUT2D eigenvalue weighted by Crippen LogP contribution is -2.34. The first-order valence-electron chi connectivity index (χ1n) is 10.9. The molecule has 0 aliphatic carbocycles. The Hall–Kier alpha value is -3.60. The Kier molecular flexibility index (Phi) is 6.10.